The standard InChI is InChI=1S/C16H14N2O/c1-11-8-14(11)16-6-5-13(19-16)9-12(10-17)15-4-2-3-7-18-15/h2-7,9,11,14H,8H2,1H3/b12-9+/t11-,14+/m0/s1. The predicted octanol–water partition coefficient (Wildman–Crippen LogP) is 3.86. The number of furan rings is 1. The third kappa shape index (κ3) is 2.43. The minimum absolute atomic E-state index is 0.519. The number of aromatic nitrogens is 1. The Kier molecular flexibility index (Phi) is 2.92. The molecule has 94 valence electrons. The number of nitrogens with zero attached hydrogens (tertiary/aromatic N) is 2. The van der Waals surface area contributed by atoms with E-state index < -0.39 is 0 Å². The van der Waals surface area contributed by atoms with Gasteiger partial charge in [-0.15, -0.1) is 0 Å². The molecule has 2 heterocycles. The summed E-state index contributed by atoms with van der Waals surface area (Å²) in [6.45, 7) is 2.22. The Balaban J connectivity index is 1.87. The first-order chi connectivity index (χ1) is 9.28. The van der Waals surface area contributed by atoms with Crippen LogP contribution in [0, 0.1) is 17.2 Å². The van der Waals surface area contributed by atoms with Crippen molar-refractivity contribution >= 4 is 11.6 Å². The van der Waals surface area contributed by atoms with E-state index in [9.17, 15) is 5.26 Å². The molecule has 0 unspecified atom stereocenters. The second kappa shape index (κ2) is 4.74. The molecule has 3 heteroatoms. The van der Waals surface area contributed by atoms with Gasteiger partial charge in [0.25, 0.3) is 0 Å². The molecule has 19 heavy (non-hydrogen) atoms. The lowest BCUT2D eigenvalue weighted by molar-refractivity contribution is 0.498. The molecule has 2 atom stereocenters. The Hall–Kier alpha value is -2.34. The lowest BCUT2D eigenvalue weighted by Crippen LogP contribution is -1.85. The average Bonchev–Trinajstić information content (AvgIpc) is 3.00. The summed E-state index contributed by atoms with van der Waals surface area (Å²) in [6, 6.07) is 11.6. The van der Waals surface area contributed by atoms with Gasteiger partial charge in [0, 0.05) is 18.2 Å². The predicted molar refractivity (Wildman–Crippen MR) is 73.0 cm³/mol. The molecular weight excluding hydrogens is 236 g/mol. The molecule has 0 radical (unpaired) electrons. The molecule has 1 saturated carbocycles. The summed E-state index contributed by atoms with van der Waals surface area (Å²) in [4.78, 5) is 4.18. The van der Waals surface area contributed by atoms with E-state index in [4.69, 9.17) is 4.42 Å². The molecule has 2 aromatic heterocycles. The smallest absolute Gasteiger partial charge is 0.128 e. The van der Waals surface area contributed by atoms with Crippen molar-refractivity contribution in [2.75, 3.05) is 0 Å². The van der Waals surface area contributed by atoms with E-state index >= 15 is 0 Å². The van der Waals surface area contributed by atoms with Crippen LogP contribution in [0.3, 0.4) is 0 Å². The quantitative estimate of drug-likeness (QED) is 0.777. The highest BCUT2D eigenvalue weighted by molar-refractivity contribution is 5.87. The molecule has 0 aliphatic heterocycles. The van der Waals surface area contributed by atoms with Gasteiger partial charge in [-0.2, -0.15) is 5.26 Å². The maximum Gasteiger partial charge on any atom is 0.128 e. The molecule has 2 aromatic rings. The molecule has 1 fully saturated rings. The van der Waals surface area contributed by atoms with E-state index in [0.717, 1.165) is 11.5 Å². The minimum Gasteiger partial charge on any atom is -0.461 e. The van der Waals surface area contributed by atoms with Crippen molar-refractivity contribution in [2.45, 2.75) is 19.3 Å². The number of allylic oxidation sites excluding steroid dienone is 1. The van der Waals surface area contributed by atoms with Gasteiger partial charge in [0.1, 0.15) is 17.6 Å². The first-order valence-corrected chi connectivity index (χ1v) is 6.41. The van der Waals surface area contributed by atoms with E-state index in [1.54, 1.807) is 12.3 Å². The number of rotatable bonds is 3. The Bertz CT molecular complexity index is 649. The summed E-state index contributed by atoms with van der Waals surface area (Å²) in [5.74, 6) is 3.02. The summed E-state index contributed by atoms with van der Waals surface area (Å²) in [6.07, 6.45) is 4.63. The first kappa shape index (κ1) is 11.7. The monoisotopic (exact) mass is 250 g/mol. The zero-order valence-electron chi connectivity index (χ0n) is 10.7. The Morgan fingerprint density at radius 2 is 2.26 bits per heavy atom. The molecule has 3 rings (SSSR count). The molecular formula is C16H14N2O. The molecule has 1 aliphatic carbocycles. The van der Waals surface area contributed by atoms with Gasteiger partial charge in [-0.05, 0) is 36.6 Å². The van der Waals surface area contributed by atoms with Crippen LogP contribution in [0.1, 0.15) is 36.5 Å². The average molecular weight is 250 g/mol. The van der Waals surface area contributed by atoms with Crippen LogP contribution in [-0.2, 0) is 0 Å². The highest BCUT2D eigenvalue weighted by atomic mass is 16.3. The SMILES string of the molecule is C[C@H]1C[C@H]1c1ccc(/C=C(\C#N)c2ccccn2)o1. The van der Waals surface area contributed by atoms with Crippen molar-refractivity contribution < 1.29 is 4.42 Å². The van der Waals surface area contributed by atoms with Gasteiger partial charge in [-0.3, -0.25) is 4.98 Å². The summed E-state index contributed by atoms with van der Waals surface area (Å²) in [7, 11) is 0. The van der Waals surface area contributed by atoms with Crippen LogP contribution in [0.5, 0.6) is 0 Å². The van der Waals surface area contributed by atoms with Crippen molar-refractivity contribution in [1.82, 2.24) is 4.98 Å². The van der Waals surface area contributed by atoms with E-state index in [1.165, 1.54) is 6.42 Å². The van der Waals surface area contributed by atoms with Crippen LogP contribution in [-0.4, -0.2) is 4.98 Å². The number of nitriles is 1. The topological polar surface area (TPSA) is 49.8 Å². The third-order valence-corrected chi connectivity index (χ3v) is 3.47. The zero-order valence-corrected chi connectivity index (χ0v) is 10.7. The molecule has 0 spiro atoms. The van der Waals surface area contributed by atoms with Crippen molar-refractivity contribution in [3.63, 3.8) is 0 Å². The molecule has 0 amide bonds. The molecule has 3 nitrogen and oxygen atoms in total. The largest absolute Gasteiger partial charge is 0.461 e. The maximum absolute atomic E-state index is 9.21. The van der Waals surface area contributed by atoms with Crippen molar-refractivity contribution in [2.24, 2.45) is 5.92 Å². The Morgan fingerprint density at radius 1 is 1.42 bits per heavy atom. The first-order valence-electron chi connectivity index (χ1n) is 6.41. The van der Waals surface area contributed by atoms with Gasteiger partial charge in [0.2, 0.25) is 0 Å². The third-order valence-electron chi connectivity index (χ3n) is 3.47. The minimum atomic E-state index is 0.519. The van der Waals surface area contributed by atoms with E-state index in [2.05, 4.69) is 18.0 Å². The van der Waals surface area contributed by atoms with Gasteiger partial charge in [0.15, 0.2) is 0 Å². The molecule has 1 aliphatic rings. The number of hydrogen-bond acceptors (Lipinski definition) is 3. The fourth-order valence-electron chi connectivity index (χ4n) is 2.19. The van der Waals surface area contributed by atoms with Gasteiger partial charge in [-0.1, -0.05) is 13.0 Å². The van der Waals surface area contributed by atoms with Gasteiger partial charge in [-0.25, -0.2) is 0 Å². The van der Waals surface area contributed by atoms with Crippen molar-refractivity contribution in [1.29, 1.82) is 5.26 Å². The highest BCUT2D eigenvalue weighted by Crippen LogP contribution is 2.47. The summed E-state index contributed by atoms with van der Waals surface area (Å²) in [5, 5.41) is 9.21. The number of hydrogen-bond donors (Lipinski definition) is 0. The van der Waals surface area contributed by atoms with E-state index in [1.807, 2.05) is 30.3 Å². The van der Waals surface area contributed by atoms with Crippen LogP contribution in [0.15, 0.2) is 40.9 Å². The fraction of sp³-hybridized carbons (Fsp3) is 0.250. The summed E-state index contributed by atoms with van der Waals surface area (Å²) >= 11 is 0. The lowest BCUT2D eigenvalue weighted by Gasteiger charge is -1.96. The van der Waals surface area contributed by atoms with Crippen LogP contribution in [0.2, 0.25) is 0 Å². The van der Waals surface area contributed by atoms with E-state index in [-0.39, 0.29) is 0 Å². The fourth-order valence-corrected chi connectivity index (χ4v) is 2.19. The summed E-state index contributed by atoms with van der Waals surface area (Å²) in [5.41, 5.74) is 1.19. The van der Waals surface area contributed by atoms with Crippen molar-refractivity contribution in [3.8, 4) is 6.07 Å². The van der Waals surface area contributed by atoms with Gasteiger partial charge >= 0.3 is 0 Å². The molecule has 0 bridgehead atoms. The van der Waals surface area contributed by atoms with E-state index in [0.29, 0.717) is 23.1 Å². The summed E-state index contributed by atoms with van der Waals surface area (Å²) < 4.78 is 5.78. The zero-order chi connectivity index (χ0) is 13.2. The molecule has 0 aromatic carbocycles. The van der Waals surface area contributed by atoms with Crippen molar-refractivity contribution in [3.05, 3.63) is 53.7 Å². The second-order valence-electron chi connectivity index (χ2n) is 4.94. The Labute approximate surface area is 112 Å². The highest BCUT2D eigenvalue weighted by Gasteiger charge is 2.36. The molecule has 0 saturated heterocycles. The number of pyridine rings is 1. The molecule has 0 N–H and O–H groups in total. The Morgan fingerprint density at radius 3 is 2.89 bits per heavy atom. The second-order valence-corrected chi connectivity index (χ2v) is 4.94. The normalized spacial score (nSPS) is 22.0. The van der Waals surface area contributed by atoms with Crippen LogP contribution >= 0.6 is 0 Å². The lowest BCUT2D eigenvalue weighted by atomic mass is 10.1. The van der Waals surface area contributed by atoms with Gasteiger partial charge in [0.05, 0.1) is 11.3 Å². The van der Waals surface area contributed by atoms with Crippen LogP contribution in [0.25, 0.3) is 11.6 Å². The maximum atomic E-state index is 9.21. The van der Waals surface area contributed by atoms with Gasteiger partial charge < -0.3 is 4.42 Å². The van der Waals surface area contributed by atoms with Crippen LogP contribution in [0.4, 0.5) is 0 Å². The van der Waals surface area contributed by atoms with Crippen LogP contribution < -0.4 is 0 Å².